The minimum absolute atomic E-state index is 0.106. The smallest absolute Gasteiger partial charge is 0.333 e. The third-order valence-corrected chi connectivity index (χ3v) is 8.67. The number of rotatable bonds is 5. The maximum atomic E-state index is 13.7. The van der Waals surface area contributed by atoms with Crippen LogP contribution in [0.25, 0.3) is 11.8 Å². The number of fused-ring (bicyclic) bond motifs is 4. The first kappa shape index (κ1) is 25.7. The number of halogens is 1. The fourth-order valence-corrected chi connectivity index (χ4v) is 6.71. The van der Waals surface area contributed by atoms with Gasteiger partial charge in [0.25, 0.3) is 11.8 Å². The van der Waals surface area contributed by atoms with E-state index < -0.39 is 29.6 Å². The molecule has 8 nitrogen and oxygen atoms in total. The van der Waals surface area contributed by atoms with Gasteiger partial charge in [-0.2, -0.15) is 5.10 Å². The molecule has 9 heteroatoms. The van der Waals surface area contributed by atoms with E-state index >= 15 is 0 Å². The molecule has 0 radical (unpaired) electrons. The Morgan fingerprint density at radius 1 is 1.05 bits per heavy atom. The van der Waals surface area contributed by atoms with E-state index in [0.29, 0.717) is 25.7 Å². The summed E-state index contributed by atoms with van der Waals surface area (Å²) in [6, 6.07) is 5.75. The van der Waals surface area contributed by atoms with Gasteiger partial charge >= 0.3 is 6.03 Å². The normalized spacial score (nSPS) is 25.7. The monoisotopic (exact) mass is 532 g/mol. The van der Waals surface area contributed by atoms with E-state index in [0.717, 1.165) is 28.9 Å². The third kappa shape index (κ3) is 3.73. The first-order valence-electron chi connectivity index (χ1n) is 13.8. The molecule has 1 spiro atoms. The van der Waals surface area contributed by atoms with Crippen LogP contribution in [-0.4, -0.2) is 62.2 Å². The summed E-state index contributed by atoms with van der Waals surface area (Å²) >= 11 is 0. The predicted molar refractivity (Wildman–Crippen MR) is 142 cm³/mol. The average Bonchev–Trinajstić information content (AvgIpc) is 3.33. The molecule has 3 heterocycles. The van der Waals surface area contributed by atoms with Gasteiger partial charge in [-0.25, -0.2) is 13.9 Å². The Balaban J connectivity index is 1.35. The Hall–Kier alpha value is -3.59. The minimum atomic E-state index is -1.70. The first-order valence-corrected chi connectivity index (χ1v) is 13.8. The Bertz CT molecular complexity index is 1400. The molecule has 6 rings (SSSR count). The number of allylic oxidation sites excluding steroid dienone is 1. The molecule has 2 aliphatic carbocycles. The summed E-state index contributed by atoms with van der Waals surface area (Å²) in [5, 5.41) is 4.60. The van der Waals surface area contributed by atoms with Crippen molar-refractivity contribution in [2.45, 2.75) is 71.0 Å². The lowest BCUT2D eigenvalue weighted by Crippen LogP contribution is -2.71. The van der Waals surface area contributed by atoms with Gasteiger partial charge in [-0.1, -0.05) is 32.4 Å². The van der Waals surface area contributed by atoms with Crippen LogP contribution in [0.2, 0.25) is 0 Å². The summed E-state index contributed by atoms with van der Waals surface area (Å²) in [7, 11) is 0. The van der Waals surface area contributed by atoms with Crippen LogP contribution in [0, 0.1) is 11.2 Å². The number of carbonyl (C=O) groups is 3. The zero-order valence-electron chi connectivity index (χ0n) is 22.6. The maximum Gasteiger partial charge on any atom is 0.333 e. The quantitative estimate of drug-likeness (QED) is 0.407. The van der Waals surface area contributed by atoms with Gasteiger partial charge in [0.2, 0.25) is 5.60 Å². The van der Waals surface area contributed by atoms with E-state index in [-0.39, 0.29) is 30.7 Å². The number of ether oxygens (including phenoxy) is 1. The van der Waals surface area contributed by atoms with Crippen molar-refractivity contribution >= 4 is 23.9 Å². The number of barbiturate groups is 1. The molecule has 0 bridgehead atoms. The van der Waals surface area contributed by atoms with Crippen LogP contribution >= 0.6 is 0 Å². The summed E-state index contributed by atoms with van der Waals surface area (Å²) in [6.45, 7) is 6.50. The summed E-state index contributed by atoms with van der Waals surface area (Å²) in [6.07, 6.45) is 9.05. The Morgan fingerprint density at radius 3 is 2.36 bits per heavy atom. The number of hydrogen-bond acceptors (Lipinski definition) is 5. The molecular weight excluding hydrogens is 499 g/mol. The molecule has 2 fully saturated rings. The number of amides is 4. The van der Waals surface area contributed by atoms with Crippen LogP contribution < -0.4 is 0 Å². The van der Waals surface area contributed by atoms with Gasteiger partial charge in [0.05, 0.1) is 23.7 Å². The van der Waals surface area contributed by atoms with E-state index in [1.54, 1.807) is 12.1 Å². The average molecular weight is 533 g/mol. The first-order chi connectivity index (χ1) is 18.7. The van der Waals surface area contributed by atoms with Crippen LogP contribution in [0.4, 0.5) is 9.18 Å². The molecule has 2 atom stereocenters. The zero-order chi connectivity index (χ0) is 27.5. The molecule has 2 aromatic rings. The maximum absolute atomic E-state index is 13.7. The largest absolute Gasteiger partial charge is 0.348 e. The van der Waals surface area contributed by atoms with Crippen molar-refractivity contribution in [3.63, 3.8) is 0 Å². The molecule has 0 unspecified atom stereocenters. The molecule has 1 aromatic heterocycles. The number of hydrogen-bond donors (Lipinski definition) is 0. The second kappa shape index (κ2) is 9.26. The predicted octanol–water partition coefficient (Wildman–Crippen LogP) is 4.82. The molecule has 1 saturated heterocycles. The lowest BCUT2D eigenvalue weighted by molar-refractivity contribution is -0.185. The standard InChI is InChI=1S/C30H33FN4O4/c1-4-14-33-26(36)30(27(37)34(15-5-2)28(33)38)13-12-23-25(39-30)11-6-20-16-24-19(17-29(20,23)3)18-32-35(24)22-9-7-21(31)8-10-22/h7-10,12,16,18,25H,4-6,11,13-15,17H2,1-3H3/t25-,29-/m0/s1. The van der Waals surface area contributed by atoms with E-state index in [9.17, 15) is 18.8 Å². The van der Waals surface area contributed by atoms with Crippen molar-refractivity contribution in [1.29, 1.82) is 0 Å². The molecule has 1 saturated carbocycles. The molecule has 0 N–H and O–H groups in total. The van der Waals surface area contributed by atoms with Gasteiger partial charge in [-0.05, 0) is 73.6 Å². The van der Waals surface area contributed by atoms with Crippen molar-refractivity contribution in [2.24, 2.45) is 5.41 Å². The van der Waals surface area contributed by atoms with Crippen LogP contribution in [-0.2, 0) is 20.7 Å². The van der Waals surface area contributed by atoms with Crippen LogP contribution in [0.3, 0.4) is 0 Å². The third-order valence-electron chi connectivity index (χ3n) is 8.67. The van der Waals surface area contributed by atoms with Gasteiger partial charge in [-0.3, -0.25) is 19.4 Å². The second-order valence-electron chi connectivity index (χ2n) is 11.2. The highest BCUT2D eigenvalue weighted by Crippen LogP contribution is 2.54. The molecule has 39 heavy (non-hydrogen) atoms. The molecule has 1 aromatic carbocycles. The van der Waals surface area contributed by atoms with Crippen LogP contribution in [0.1, 0.15) is 64.1 Å². The Kier molecular flexibility index (Phi) is 6.10. The number of imide groups is 2. The van der Waals surface area contributed by atoms with Gasteiger partial charge in [0.1, 0.15) is 5.82 Å². The second-order valence-corrected chi connectivity index (χ2v) is 11.2. The van der Waals surface area contributed by atoms with E-state index in [1.807, 2.05) is 30.8 Å². The molecule has 2 aliphatic heterocycles. The summed E-state index contributed by atoms with van der Waals surface area (Å²) in [5.74, 6) is -1.37. The Labute approximate surface area is 227 Å². The topological polar surface area (TPSA) is 84.7 Å². The van der Waals surface area contributed by atoms with Gasteiger partial charge < -0.3 is 4.74 Å². The van der Waals surface area contributed by atoms with Crippen molar-refractivity contribution in [3.8, 4) is 5.69 Å². The number of aromatic nitrogens is 2. The number of urea groups is 1. The zero-order valence-corrected chi connectivity index (χ0v) is 22.6. The number of nitrogens with zero attached hydrogens (tertiary/aromatic N) is 4. The van der Waals surface area contributed by atoms with Gasteiger partial charge in [-0.15, -0.1) is 0 Å². The summed E-state index contributed by atoms with van der Waals surface area (Å²) in [5.41, 5.74) is 3.15. The van der Waals surface area contributed by atoms with Gasteiger partial charge in [0.15, 0.2) is 0 Å². The van der Waals surface area contributed by atoms with E-state index in [4.69, 9.17) is 4.74 Å². The van der Waals surface area contributed by atoms with E-state index in [2.05, 4.69) is 18.1 Å². The highest BCUT2D eigenvalue weighted by atomic mass is 19.1. The number of carbonyl (C=O) groups excluding carboxylic acids is 3. The van der Waals surface area contributed by atoms with Crippen molar-refractivity contribution in [1.82, 2.24) is 19.6 Å². The lowest BCUT2D eigenvalue weighted by atomic mass is 9.60. The van der Waals surface area contributed by atoms with Crippen molar-refractivity contribution in [3.05, 3.63) is 64.8 Å². The highest BCUT2D eigenvalue weighted by Gasteiger charge is 2.61. The van der Waals surface area contributed by atoms with E-state index in [1.165, 1.54) is 27.5 Å². The van der Waals surface area contributed by atoms with Crippen molar-refractivity contribution in [2.75, 3.05) is 13.1 Å². The molecular formula is C30H33FN4O4. The van der Waals surface area contributed by atoms with Crippen molar-refractivity contribution < 1.29 is 23.5 Å². The van der Waals surface area contributed by atoms with Crippen LogP contribution in [0.5, 0.6) is 0 Å². The van der Waals surface area contributed by atoms with Crippen LogP contribution in [0.15, 0.2) is 47.7 Å². The highest BCUT2D eigenvalue weighted by molar-refractivity contribution is 6.21. The summed E-state index contributed by atoms with van der Waals surface area (Å²) in [4.78, 5) is 42.8. The number of benzene rings is 1. The van der Waals surface area contributed by atoms with Gasteiger partial charge in [0, 0.05) is 24.9 Å². The molecule has 4 amide bonds. The summed E-state index contributed by atoms with van der Waals surface area (Å²) < 4.78 is 21.9. The fourth-order valence-electron chi connectivity index (χ4n) is 6.71. The molecule has 4 aliphatic rings. The Morgan fingerprint density at radius 2 is 1.72 bits per heavy atom. The lowest BCUT2D eigenvalue weighted by Gasteiger charge is -2.52. The fraction of sp³-hybridized carbons (Fsp3) is 0.467. The SMILES string of the molecule is CCCN1C(=O)N(CCC)C(=O)C2(CC=C3[C@H](CCC4=Cc5c(cnn5-c5ccc(F)cc5)C[C@@]43C)O2)C1=O. The molecule has 204 valence electrons. The minimum Gasteiger partial charge on any atom is -0.348 e.